The Hall–Kier alpha value is -0.0800. The summed E-state index contributed by atoms with van der Waals surface area (Å²) >= 11 is 0. The fourth-order valence-corrected chi connectivity index (χ4v) is 3.05. The monoisotopic (exact) mass is 313 g/mol. The minimum absolute atomic E-state index is 0.436. The summed E-state index contributed by atoms with van der Waals surface area (Å²) in [6.45, 7) is 5.79. The lowest BCUT2D eigenvalue weighted by atomic mass is 10.0. The van der Waals surface area contributed by atoms with E-state index in [1.807, 2.05) is 6.92 Å². The molecule has 1 N–H and O–H groups in total. The molecule has 2 heteroatoms. The van der Waals surface area contributed by atoms with Crippen LogP contribution in [0.2, 0.25) is 0 Å². The fraction of sp³-hybridized carbons (Fsp3) is 1.00. The minimum atomic E-state index is 0.436. The average Bonchev–Trinajstić information content (AvgIpc) is 2.54. The molecule has 0 aliphatic heterocycles. The number of nitrogens with one attached hydrogen (secondary N) is 1. The molecule has 0 saturated carbocycles. The van der Waals surface area contributed by atoms with E-state index in [0.717, 1.165) is 19.5 Å². The van der Waals surface area contributed by atoms with Crippen LogP contribution in [0, 0.1) is 5.21 Å². The first-order valence-corrected chi connectivity index (χ1v) is 10.3. The van der Waals surface area contributed by atoms with E-state index in [4.69, 9.17) is 0 Å². The second-order valence-electron chi connectivity index (χ2n) is 6.95. The van der Waals surface area contributed by atoms with Crippen molar-refractivity contribution in [3.8, 4) is 0 Å². The summed E-state index contributed by atoms with van der Waals surface area (Å²) in [5.74, 6) is 0. The zero-order chi connectivity index (χ0) is 16.3. The molecule has 1 atom stereocenters. The quantitative estimate of drug-likeness (QED) is 0.257. The summed E-state index contributed by atoms with van der Waals surface area (Å²) in [4.78, 5) is 0. The molecule has 0 aliphatic rings. The van der Waals surface area contributed by atoms with Crippen LogP contribution < -0.4 is 5.06 Å². The molecule has 0 bridgehead atoms. The lowest BCUT2D eigenvalue weighted by molar-refractivity contribution is -0.846. The SMILES string of the molecule is CCCCCCCCCCCCCCCCCC[NH+]([O-])CC. The molecular formula is C20H43NO. The number of hydrogen-bond acceptors (Lipinski definition) is 1. The van der Waals surface area contributed by atoms with Crippen LogP contribution >= 0.6 is 0 Å². The predicted molar refractivity (Wildman–Crippen MR) is 99.3 cm³/mol. The maximum atomic E-state index is 11.2. The molecule has 0 amide bonds. The Morgan fingerprint density at radius 2 is 0.818 bits per heavy atom. The highest BCUT2D eigenvalue weighted by molar-refractivity contribution is 4.49. The van der Waals surface area contributed by atoms with Gasteiger partial charge in [-0.25, -0.2) is 0 Å². The van der Waals surface area contributed by atoms with Gasteiger partial charge < -0.3 is 10.3 Å². The first kappa shape index (κ1) is 21.9. The summed E-state index contributed by atoms with van der Waals surface area (Å²) in [5.41, 5.74) is 0. The van der Waals surface area contributed by atoms with Gasteiger partial charge >= 0.3 is 0 Å². The van der Waals surface area contributed by atoms with E-state index < -0.39 is 0 Å². The summed E-state index contributed by atoms with van der Waals surface area (Å²) in [5, 5.41) is 11.6. The van der Waals surface area contributed by atoms with Gasteiger partial charge in [-0.05, 0) is 19.8 Å². The van der Waals surface area contributed by atoms with Crippen molar-refractivity contribution in [1.82, 2.24) is 0 Å². The van der Waals surface area contributed by atoms with Gasteiger partial charge in [-0.3, -0.25) is 0 Å². The summed E-state index contributed by atoms with van der Waals surface area (Å²) < 4.78 is 0. The molecular weight excluding hydrogens is 270 g/mol. The first-order valence-electron chi connectivity index (χ1n) is 10.3. The van der Waals surface area contributed by atoms with E-state index in [9.17, 15) is 5.21 Å². The molecule has 0 spiro atoms. The first-order chi connectivity index (χ1) is 10.8. The number of hydroxylamine groups is 2. The highest BCUT2D eigenvalue weighted by Gasteiger charge is 1.96. The summed E-state index contributed by atoms with van der Waals surface area (Å²) in [6.07, 6.45) is 22.3. The van der Waals surface area contributed by atoms with Gasteiger partial charge in [-0.1, -0.05) is 96.8 Å². The Morgan fingerprint density at radius 1 is 0.500 bits per heavy atom. The van der Waals surface area contributed by atoms with E-state index in [1.165, 1.54) is 96.3 Å². The zero-order valence-corrected chi connectivity index (χ0v) is 15.6. The third-order valence-corrected chi connectivity index (χ3v) is 4.70. The van der Waals surface area contributed by atoms with Crippen molar-refractivity contribution in [2.75, 3.05) is 13.1 Å². The van der Waals surface area contributed by atoms with Crippen molar-refractivity contribution in [3.05, 3.63) is 5.21 Å². The highest BCUT2D eigenvalue weighted by Crippen LogP contribution is 2.13. The lowest BCUT2D eigenvalue weighted by Gasteiger charge is -2.19. The number of quaternary nitrogens is 1. The van der Waals surface area contributed by atoms with Gasteiger partial charge in [0.2, 0.25) is 0 Å². The van der Waals surface area contributed by atoms with E-state index in [-0.39, 0.29) is 0 Å². The zero-order valence-electron chi connectivity index (χ0n) is 15.6. The fourth-order valence-electron chi connectivity index (χ4n) is 3.05. The van der Waals surface area contributed by atoms with Crippen molar-refractivity contribution in [2.45, 2.75) is 117 Å². The molecule has 0 aliphatic carbocycles. The van der Waals surface area contributed by atoms with E-state index >= 15 is 0 Å². The maximum absolute atomic E-state index is 11.2. The van der Waals surface area contributed by atoms with Gasteiger partial charge in [0, 0.05) is 0 Å². The van der Waals surface area contributed by atoms with Crippen LogP contribution in [0.25, 0.3) is 0 Å². The van der Waals surface area contributed by atoms with Crippen molar-refractivity contribution >= 4 is 0 Å². The summed E-state index contributed by atoms with van der Waals surface area (Å²) in [6, 6.07) is 0. The molecule has 0 aromatic rings. The molecule has 0 aromatic carbocycles. The van der Waals surface area contributed by atoms with Crippen molar-refractivity contribution in [3.63, 3.8) is 0 Å². The average molecular weight is 314 g/mol. The topological polar surface area (TPSA) is 27.5 Å². The normalized spacial score (nSPS) is 12.7. The van der Waals surface area contributed by atoms with E-state index in [1.54, 1.807) is 0 Å². The number of rotatable bonds is 18. The molecule has 0 heterocycles. The predicted octanol–water partition coefficient (Wildman–Crippen LogP) is 5.65. The molecule has 0 saturated heterocycles. The van der Waals surface area contributed by atoms with E-state index in [0.29, 0.717) is 5.06 Å². The molecule has 0 rings (SSSR count). The molecule has 1 unspecified atom stereocenters. The Labute approximate surface area is 140 Å². The second-order valence-corrected chi connectivity index (χ2v) is 6.95. The molecule has 22 heavy (non-hydrogen) atoms. The van der Waals surface area contributed by atoms with Crippen LogP contribution in [0.1, 0.15) is 117 Å². The standard InChI is InChI=1S/C20H43NO/c1-3-5-6-7-8-9-10-11-12-13-14-15-16-17-18-19-20-21(22)4-2/h21H,3-20H2,1-2H3. The second kappa shape index (κ2) is 19.0. The molecule has 0 fully saturated rings. The van der Waals surface area contributed by atoms with Crippen LogP contribution in [0.5, 0.6) is 0 Å². The van der Waals surface area contributed by atoms with Gasteiger partial charge in [0.15, 0.2) is 0 Å². The Bertz CT molecular complexity index is 196. The Kier molecular flexibility index (Phi) is 18.9. The smallest absolute Gasteiger partial charge is 0.0768 e. The van der Waals surface area contributed by atoms with Gasteiger partial charge in [-0.15, -0.1) is 0 Å². The molecule has 0 radical (unpaired) electrons. The maximum Gasteiger partial charge on any atom is 0.0768 e. The third-order valence-electron chi connectivity index (χ3n) is 4.70. The van der Waals surface area contributed by atoms with Crippen molar-refractivity contribution in [1.29, 1.82) is 0 Å². The number of hydrogen-bond donors (Lipinski definition) is 1. The highest BCUT2D eigenvalue weighted by atomic mass is 16.5. The lowest BCUT2D eigenvalue weighted by Crippen LogP contribution is -3.06. The minimum Gasteiger partial charge on any atom is -0.634 e. The van der Waals surface area contributed by atoms with Crippen LogP contribution in [0.4, 0.5) is 0 Å². The van der Waals surface area contributed by atoms with E-state index in [2.05, 4.69) is 6.92 Å². The van der Waals surface area contributed by atoms with Gasteiger partial charge in [-0.2, -0.15) is 0 Å². The molecule has 134 valence electrons. The van der Waals surface area contributed by atoms with Crippen LogP contribution in [-0.4, -0.2) is 13.1 Å². The molecule has 0 aromatic heterocycles. The van der Waals surface area contributed by atoms with Gasteiger partial charge in [0.25, 0.3) is 0 Å². The van der Waals surface area contributed by atoms with Gasteiger partial charge in [0.1, 0.15) is 0 Å². The van der Waals surface area contributed by atoms with Crippen LogP contribution in [0.3, 0.4) is 0 Å². The Balaban J connectivity index is 2.97. The Morgan fingerprint density at radius 3 is 1.14 bits per heavy atom. The van der Waals surface area contributed by atoms with Gasteiger partial charge in [0.05, 0.1) is 13.1 Å². The molecule has 2 nitrogen and oxygen atoms in total. The van der Waals surface area contributed by atoms with Crippen LogP contribution in [-0.2, 0) is 0 Å². The largest absolute Gasteiger partial charge is 0.634 e. The summed E-state index contributed by atoms with van der Waals surface area (Å²) in [7, 11) is 0. The van der Waals surface area contributed by atoms with Crippen molar-refractivity contribution in [2.24, 2.45) is 0 Å². The van der Waals surface area contributed by atoms with Crippen molar-refractivity contribution < 1.29 is 5.06 Å². The van der Waals surface area contributed by atoms with Crippen LogP contribution in [0.15, 0.2) is 0 Å². The number of unbranched alkanes of at least 4 members (excludes halogenated alkanes) is 15. The third kappa shape index (κ3) is 18.0.